The van der Waals surface area contributed by atoms with Crippen molar-refractivity contribution in [2.75, 3.05) is 0 Å². The Morgan fingerprint density at radius 1 is 1.50 bits per heavy atom. The predicted molar refractivity (Wildman–Crippen MR) is 43.8 cm³/mol. The molecule has 0 saturated carbocycles. The molecule has 0 aliphatic heterocycles. The topological polar surface area (TPSA) is 12.9 Å². The molecule has 0 atom stereocenters. The number of alkyl halides is 3. The van der Waals surface area contributed by atoms with E-state index in [9.17, 15) is 8.78 Å². The van der Waals surface area contributed by atoms with Crippen LogP contribution in [0.15, 0.2) is 12.3 Å². The van der Waals surface area contributed by atoms with Gasteiger partial charge < -0.3 is 0 Å². The summed E-state index contributed by atoms with van der Waals surface area (Å²) in [4.78, 5) is 3.45. The number of nitrogens with zero attached hydrogens (tertiary/aromatic N) is 1. The molecule has 0 bridgehead atoms. The van der Waals surface area contributed by atoms with E-state index >= 15 is 0 Å². The smallest absolute Gasteiger partial charge is 0.254 e. The van der Waals surface area contributed by atoms with E-state index < -0.39 is 12.1 Å². The van der Waals surface area contributed by atoms with Crippen molar-refractivity contribution in [3.8, 4) is 0 Å². The van der Waals surface area contributed by atoms with Crippen molar-refractivity contribution in [3.05, 3.63) is 28.5 Å². The molecule has 0 amide bonds. The molecule has 1 heterocycles. The summed E-state index contributed by atoms with van der Waals surface area (Å²) >= 11 is 11.0. The second-order valence-electron chi connectivity index (χ2n) is 2.10. The zero-order valence-corrected chi connectivity index (χ0v) is 7.41. The van der Waals surface area contributed by atoms with Crippen LogP contribution < -0.4 is 0 Å². The number of halogens is 4. The van der Waals surface area contributed by atoms with Crippen molar-refractivity contribution < 1.29 is 8.78 Å². The molecule has 66 valence electrons. The highest BCUT2D eigenvalue weighted by atomic mass is 35.5. The van der Waals surface area contributed by atoms with Gasteiger partial charge >= 0.3 is 0 Å². The van der Waals surface area contributed by atoms with Crippen LogP contribution in [0.3, 0.4) is 0 Å². The Hall–Kier alpha value is -0.410. The van der Waals surface area contributed by atoms with E-state index in [2.05, 4.69) is 4.98 Å². The van der Waals surface area contributed by atoms with Crippen LogP contribution in [-0.2, 0) is 5.88 Å². The molecular formula is C7H5Cl2F2N. The maximum atomic E-state index is 12.2. The monoisotopic (exact) mass is 211 g/mol. The molecule has 0 saturated heterocycles. The standard InChI is InChI=1S/C7H5Cl2F2N/c8-3-4-1-2-12-6(5(4)9)7(10)11/h1-2,7H,3H2. The molecule has 5 heteroatoms. The van der Waals surface area contributed by atoms with Crippen LogP contribution in [0.4, 0.5) is 8.78 Å². The van der Waals surface area contributed by atoms with Gasteiger partial charge in [-0.1, -0.05) is 11.6 Å². The minimum atomic E-state index is -2.65. The summed E-state index contributed by atoms with van der Waals surface area (Å²) in [7, 11) is 0. The average molecular weight is 212 g/mol. The van der Waals surface area contributed by atoms with Gasteiger partial charge in [0.15, 0.2) is 0 Å². The lowest BCUT2D eigenvalue weighted by Gasteiger charge is -2.04. The first kappa shape index (κ1) is 9.68. The summed E-state index contributed by atoms with van der Waals surface area (Å²) in [6, 6.07) is 1.52. The fourth-order valence-electron chi connectivity index (χ4n) is 0.757. The van der Waals surface area contributed by atoms with E-state index in [4.69, 9.17) is 23.2 Å². The van der Waals surface area contributed by atoms with Gasteiger partial charge in [-0.05, 0) is 11.6 Å². The largest absolute Gasteiger partial charge is 0.281 e. The van der Waals surface area contributed by atoms with Crippen LogP contribution in [0.2, 0.25) is 5.02 Å². The van der Waals surface area contributed by atoms with Gasteiger partial charge in [-0.2, -0.15) is 0 Å². The van der Waals surface area contributed by atoms with Crippen LogP contribution in [0, 0.1) is 0 Å². The van der Waals surface area contributed by atoms with Crippen molar-refractivity contribution in [1.29, 1.82) is 0 Å². The number of pyridine rings is 1. The average Bonchev–Trinajstić information content (AvgIpc) is 2.04. The zero-order chi connectivity index (χ0) is 9.14. The first-order valence-corrected chi connectivity index (χ1v) is 4.05. The molecule has 0 unspecified atom stereocenters. The zero-order valence-electron chi connectivity index (χ0n) is 5.90. The number of rotatable bonds is 2. The van der Waals surface area contributed by atoms with Gasteiger partial charge in [0.2, 0.25) is 0 Å². The Morgan fingerprint density at radius 2 is 2.17 bits per heavy atom. The van der Waals surface area contributed by atoms with Crippen molar-refractivity contribution in [2.24, 2.45) is 0 Å². The van der Waals surface area contributed by atoms with E-state index in [0.717, 1.165) is 0 Å². The Kier molecular flexibility index (Phi) is 3.23. The van der Waals surface area contributed by atoms with Crippen molar-refractivity contribution >= 4 is 23.2 Å². The minimum Gasteiger partial charge on any atom is -0.254 e. The fraction of sp³-hybridized carbons (Fsp3) is 0.286. The second kappa shape index (κ2) is 4.01. The molecule has 0 radical (unpaired) electrons. The Labute approximate surface area is 78.3 Å². The third kappa shape index (κ3) is 1.84. The SMILES string of the molecule is FC(F)c1nccc(CCl)c1Cl. The molecular weight excluding hydrogens is 207 g/mol. The van der Waals surface area contributed by atoms with Gasteiger partial charge in [-0.15, -0.1) is 11.6 Å². The van der Waals surface area contributed by atoms with Gasteiger partial charge in [0, 0.05) is 12.1 Å². The van der Waals surface area contributed by atoms with E-state index in [0.29, 0.717) is 5.56 Å². The highest BCUT2D eigenvalue weighted by molar-refractivity contribution is 6.32. The fourth-order valence-corrected chi connectivity index (χ4v) is 1.31. The van der Waals surface area contributed by atoms with Crippen molar-refractivity contribution in [2.45, 2.75) is 12.3 Å². The van der Waals surface area contributed by atoms with E-state index in [1.807, 2.05) is 0 Å². The molecule has 0 aliphatic carbocycles. The van der Waals surface area contributed by atoms with E-state index in [-0.39, 0.29) is 10.9 Å². The highest BCUT2D eigenvalue weighted by Gasteiger charge is 2.15. The van der Waals surface area contributed by atoms with Crippen molar-refractivity contribution in [3.63, 3.8) is 0 Å². The molecule has 1 aromatic heterocycles. The quantitative estimate of drug-likeness (QED) is 0.684. The number of hydrogen-bond acceptors (Lipinski definition) is 1. The Bertz CT molecular complexity index is 278. The molecule has 0 spiro atoms. The minimum absolute atomic E-state index is 0.0394. The van der Waals surface area contributed by atoms with Crippen LogP contribution in [0.25, 0.3) is 0 Å². The summed E-state index contributed by atoms with van der Waals surface area (Å²) in [6.45, 7) is 0. The summed E-state index contributed by atoms with van der Waals surface area (Å²) in [5.74, 6) is 0.112. The van der Waals surface area contributed by atoms with Crippen LogP contribution in [-0.4, -0.2) is 4.98 Å². The first-order valence-electron chi connectivity index (χ1n) is 3.14. The number of aromatic nitrogens is 1. The lowest BCUT2D eigenvalue weighted by Crippen LogP contribution is -1.94. The van der Waals surface area contributed by atoms with Crippen LogP contribution >= 0.6 is 23.2 Å². The van der Waals surface area contributed by atoms with Gasteiger partial charge in [-0.25, -0.2) is 8.78 Å². The molecule has 12 heavy (non-hydrogen) atoms. The maximum Gasteiger partial charge on any atom is 0.281 e. The lowest BCUT2D eigenvalue weighted by atomic mass is 10.2. The van der Waals surface area contributed by atoms with E-state index in [1.165, 1.54) is 12.3 Å². The van der Waals surface area contributed by atoms with Gasteiger partial charge in [0.25, 0.3) is 6.43 Å². The Balaban J connectivity index is 3.14. The molecule has 0 aliphatic rings. The summed E-state index contributed by atoms with van der Waals surface area (Å²) in [5, 5.41) is -0.0394. The molecule has 1 aromatic rings. The van der Waals surface area contributed by atoms with Crippen LogP contribution in [0.5, 0.6) is 0 Å². The van der Waals surface area contributed by atoms with Gasteiger partial charge in [-0.3, -0.25) is 4.98 Å². The summed E-state index contributed by atoms with van der Waals surface area (Å²) in [6.07, 6.45) is -1.38. The first-order chi connectivity index (χ1) is 5.66. The summed E-state index contributed by atoms with van der Waals surface area (Å²) < 4.78 is 24.3. The lowest BCUT2D eigenvalue weighted by molar-refractivity contribution is 0.146. The number of hydrogen-bond donors (Lipinski definition) is 0. The second-order valence-corrected chi connectivity index (χ2v) is 2.75. The molecule has 0 fully saturated rings. The third-order valence-electron chi connectivity index (χ3n) is 1.35. The highest BCUT2D eigenvalue weighted by Crippen LogP contribution is 2.28. The normalized spacial score (nSPS) is 10.8. The molecule has 1 nitrogen and oxygen atoms in total. The predicted octanol–water partition coefficient (Wildman–Crippen LogP) is 3.41. The van der Waals surface area contributed by atoms with Crippen LogP contribution in [0.1, 0.15) is 17.7 Å². The van der Waals surface area contributed by atoms with Gasteiger partial charge in [0.05, 0.1) is 5.02 Å². The summed E-state index contributed by atoms with van der Waals surface area (Å²) in [5.41, 5.74) is 0.0680. The van der Waals surface area contributed by atoms with E-state index in [1.54, 1.807) is 0 Å². The third-order valence-corrected chi connectivity index (χ3v) is 2.07. The van der Waals surface area contributed by atoms with Gasteiger partial charge in [0.1, 0.15) is 5.69 Å². The Morgan fingerprint density at radius 3 is 2.67 bits per heavy atom. The molecule has 1 rings (SSSR count). The van der Waals surface area contributed by atoms with Crippen molar-refractivity contribution in [1.82, 2.24) is 4.98 Å². The molecule has 0 aromatic carbocycles. The molecule has 0 N–H and O–H groups in total. The maximum absolute atomic E-state index is 12.2.